The van der Waals surface area contributed by atoms with Gasteiger partial charge in [-0.15, -0.1) is 0 Å². The zero-order chi connectivity index (χ0) is 28.9. The maximum atomic E-state index is 13.9. The highest BCUT2D eigenvalue weighted by molar-refractivity contribution is 5.65. The minimum atomic E-state index is -4.79. The van der Waals surface area contributed by atoms with Gasteiger partial charge in [-0.25, -0.2) is 19.3 Å². The first kappa shape index (κ1) is 29.3. The van der Waals surface area contributed by atoms with E-state index in [0.717, 1.165) is 43.6 Å². The number of nitrogens with zero attached hydrogens (tertiary/aromatic N) is 5. The number of nitrogen functional groups attached to an aromatic ring is 1. The molecule has 0 unspecified atom stereocenters. The second-order valence-corrected chi connectivity index (χ2v) is 10.2. The Morgan fingerprint density at radius 3 is 2.60 bits per heavy atom. The molecule has 1 fully saturated rings. The Kier molecular flexibility index (Phi) is 9.30. The Labute approximate surface area is 232 Å². The number of nitrogens with one attached hydrogen (secondary N) is 1. The number of anilines is 2. The van der Waals surface area contributed by atoms with Crippen molar-refractivity contribution in [2.24, 2.45) is 0 Å². The molecule has 0 radical (unpaired) electrons. The predicted molar refractivity (Wildman–Crippen MR) is 148 cm³/mol. The number of alkyl halides is 3. The summed E-state index contributed by atoms with van der Waals surface area (Å²) in [6.07, 6.45) is 1.64. The molecule has 40 heavy (non-hydrogen) atoms. The van der Waals surface area contributed by atoms with Gasteiger partial charge in [-0.3, -0.25) is 0 Å². The lowest BCUT2D eigenvalue weighted by molar-refractivity contribution is -0.139. The summed E-state index contributed by atoms with van der Waals surface area (Å²) in [6.45, 7) is 8.81. The van der Waals surface area contributed by atoms with Crippen LogP contribution in [0.5, 0.6) is 0 Å². The average Bonchev–Trinajstić information content (AvgIpc) is 3.33. The fourth-order valence-corrected chi connectivity index (χ4v) is 4.82. The molecule has 3 aromatic rings. The third kappa shape index (κ3) is 6.91. The average molecular weight is 558 g/mol. The zero-order valence-corrected chi connectivity index (χ0v) is 23.0. The molecule has 0 aliphatic carbocycles. The molecular formula is C29H35F4N7. The Morgan fingerprint density at radius 1 is 1.18 bits per heavy atom. The molecule has 3 heterocycles. The number of hydrogen-bond acceptors (Lipinski definition) is 6. The molecule has 2 aromatic heterocycles. The lowest BCUT2D eigenvalue weighted by Gasteiger charge is -2.33. The first-order valence-corrected chi connectivity index (χ1v) is 13.6. The Balaban J connectivity index is 1.59. The van der Waals surface area contributed by atoms with E-state index in [1.165, 1.54) is 12.4 Å². The van der Waals surface area contributed by atoms with Crippen LogP contribution < -0.4 is 16.0 Å². The number of benzene rings is 1. The maximum Gasteiger partial charge on any atom is 0.419 e. The summed E-state index contributed by atoms with van der Waals surface area (Å²) in [5.74, 6) is 6.92. The number of hydrogen-bond donors (Lipinski definition) is 2. The lowest BCUT2D eigenvalue weighted by Crippen LogP contribution is -2.35. The minimum Gasteiger partial charge on any atom is -0.382 e. The van der Waals surface area contributed by atoms with Gasteiger partial charge in [0.1, 0.15) is 35.2 Å². The van der Waals surface area contributed by atoms with E-state index >= 15 is 0 Å². The van der Waals surface area contributed by atoms with Crippen molar-refractivity contribution in [3.05, 3.63) is 53.5 Å². The summed E-state index contributed by atoms with van der Waals surface area (Å²) >= 11 is 0. The van der Waals surface area contributed by atoms with Crippen LogP contribution in [0.1, 0.15) is 69.3 Å². The van der Waals surface area contributed by atoms with Crippen molar-refractivity contribution in [1.82, 2.24) is 24.8 Å². The summed E-state index contributed by atoms with van der Waals surface area (Å²) in [7, 11) is 0. The molecule has 0 spiro atoms. The lowest BCUT2D eigenvalue weighted by atomic mass is 9.95. The van der Waals surface area contributed by atoms with Gasteiger partial charge in [-0.2, -0.15) is 13.2 Å². The summed E-state index contributed by atoms with van der Waals surface area (Å²) < 4.78 is 56.1. The Hall–Kier alpha value is -3.65. The number of aromatic nitrogens is 4. The van der Waals surface area contributed by atoms with E-state index in [9.17, 15) is 17.6 Å². The van der Waals surface area contributed by atoms with Crippen LogP contribution in [0.4, 0.5) is 29.2 Å². The summed E-state index contributed by atoms with van der Waals surface area (Å²) in [5.41, 5.74) is 6.09. The second kappa shape index (κ2) is 12.7. The molecule has 1 aliphatic rings. The van der Waals surface area contributed by atoms with Gasteiger partial charge in [0.05, 0.1) is 11.3 Å². The number of rotatable bonds is 8. The van der Waals surface area contributed by atoms with Crippen LogP contribution in [0.3, 0.4) is 0 Å². The highest BCUT2D eigenvalue weighted by atomic mass is 19.4. The SMILES string of the molecule is CCCC#Cc1c(N)ncnc1N1CCC(c2nc(-c3ccc(F)c(C(F)(F)F)c3)cn2CCNC(C)C)CC1. The smallest absolute Gasteiger partial charge is 0.382 e. The van der Waals surface area contributed by atoms with E-state index < -0.39 is 17.6 Å². The zero-order valence-electron chi connectivity index (χ0n) is 23.0. The van der Waals surface area contributed by atoms with Crippen LogP contribution in [0.15, 0.2) is 30.7 Å². The second-order valence-electron chi connectivity index (χ2n) is 10.2. The normalized spacial score (nSPS) is 14.4. The molecule has 1 saturated heterocycles. The molecule has 0 bridgehead atoms. The molecule has 0 atom stereocenters. The van der Waals surface area contributed by atoms with Crippen molar-refractivity contribution < 1.29 is 17.6 Å². The third-order valence-corrected chi connectivity index (χ3v) is 6.88. The molecule has 1 aliphatic heterocycles. The van der Waals surface area contributed by atoms with Gasteiger partial charge in [0.2, 0.25) is 0 Å². The van der Waals surface area contributed by atoms with Gasteiger partial charge in [-0.05, 0) is 37.5 Å². The molecular weight excluding hydrogens is 522 g/mol. The molecule has 4 rings (SSSR count). The number of imidazole rings is 1. The molecule has 0 saturated carbocycles. The fourth-order valence-electron chi connectivity index (χ4n) is 4.82. The van der Waals surface area contributed by atoms with E-state index in [-0.39, 0.29) is 17.5 Å². The van der Waals surface area contributed by atoms with Crippen LogP contribution in [0.25, 0.3) is 11.3 Å². The monoisotopic (exact) mass is 557 g/mol. The van der Waals surface area contributed by atoms with E-state index in [2.05, 4.69) is 38.9 Å². The van der Waals surface area contributed by atoms with Gasteiger partial charge in [0, 0.05) is 56.3 Å². The Bertz CT molecular complexity index is 1360. The van der Waals surface area contributed by atoms with Crippen LogP contribution in [-0.4, -0.2) is 45.2 Å². The first-order valence-electron chi connectivity index (χ1n) is 13.6. The summed E-state index contributed by atoms with van der Waals surface area (Å²) in [5, 5.41) is 3.38. The van der Waals surface area contributed by atoms with Crippen molar-refractivity contribution in [3.63, 3.8) is 0 Å². The summed E-state index contributed by atoms with van der Waals surface area (Å²) in [6, 6.07) is 3.32. The van der Waals surface area contributed by atoms with Crippen molar-refractivity contribution in [2.45, 2.75) is 71.1 Å². The minimum absolute atomic E-state index is 0.0837. The third-order valence-electron chi connectivity index (χ3n) is 6.88. The highest BCUT2D eigenvalue weighted by Crippen LogP contribution is 2.36. The van der Waals surface area contributed by atoms with Crippen LogP contribution in [0.2, 0.25) is 0 Å². The number of unbranched alkanes of at least 4 members (excludes halogenated alkanes) is 1. The van der Waals surface area contributed by atoms with Crippen LogP contribution >= 0.6 is 0 Å². The molecule has 1 aromatic carbocycles. The molecule has 0 amide bonds. The van der Waals surface area contributed by atoms with Crippen LogP contribution in [0, 0.1) is 17.7 Å². The van der Waals surface area contributed by atoms with Crippen LogP contribution in [-0.2, 0) is 12.7 Å². The van der Waals surface area contributed by atoms with E-state index in [1.807, 2.05) is 18.4 Å². The van der Waals surface area contributed by atoms with Gasteiger partial charge in [0.25, 0.3) is 0 Å². The standard InChI is InChI=1S/C29H35F4N7/c1-4-5-6-7-22-26(34)36-18-37-28(22)39-13-10-20(11-14-39)27-38-25(17-40(27)15-12-35-19(2)3)21-8-9-24(30)23(16-21)29(31,32)33/h8-9,16-20,35H,4-5,10-15H2,1-3H3,(H2,34,36,37). The fraction of sp³-hybridized carbons (Fsp3) is 0.483. The van der Waals surface area contributed by atoms with E-state index in [1.54, 1.807) is 6.20 Å². The van der Waals surface area contributed by atoms with Crippen molar-refractivity contribution in [2.75, 3.05) is 30.3 Å². The molecule has 7 nitrogen and oxygen atoms in total. The summed E-state index contributed by atoms with van der Waals surface area (Å²) in [4.78, 5) is 15.5. The van der Waals surface area contributed by atoms with E-state index in [0.29, 0.717) is 49.1 Å². The molecule has 3 N–H and O–H groups in total. The van der Waals surface area contributed by atoms with Gasteiger partial charge < -0.3 is 20.5 Å². The van der Waals surface area contributed by atoms with Crippen molar-refractivity contribution in [3.8, 4) is 23.1 Å². The number of piperidine rings is 1. The van der Waals surface area contributed by atoms with Crippen molar-refractivity contribution >= 4 is 11.6 Å². The highest BCUT2D eigenvalue weighted by Gasteiger charge is 2.35. The maximum absolute atomic E-state index is 13.9. The first-order chi connectivity index (χ1) is 19.1. The number of halogens is 4. The van der Waals surface area contributed by atoms with Crippen molar-refractivity contribution in [1.29, 1.82) is 0 Å². The Morgan fingerprint density at radius 2 is 1.93 bits per heavy atom. The number of nitrogens with two attached hydrogens (primary N) is 1. The van der Waals surface area contributed by atoms with Gasteiger partial charge >= 0.3 is 6.18 Å². The van der Waals surface area contributed by atoms with E-state index in [4.69, 9.17) is 10.7 Å². The largest absolute Gasteiger partial charge is 0.419 e. The molecule has 11 heteroatoms. The van der Waals surface area contributed by atoms with Gasteiger partial charge in [0.15, 0.2) is 0 Å². The van der Waals surface area contributed by atoms with Gasteiger partial charge in [-0.1, -0.05) is 32.6 Å². The quantitative estimate of drug-likeness (QED) is 0.277. The predicted octanol–water partition coefficient (Wildman–Crippen LogP) is 5.61. The topological polar surface area (TPSA) is 84.9 Å². The molecule has 214 valence electrons.